The van der Waals surface area contributed by atoms with Gasteiger partial charge in [0.25, 0.3) is 0 Å². The Morgan fingerprint density at radius 1 is 1.21 bits per heavy atom. The number of hydrogen-bond acceptors (Lipinski definition) is 4. The lowest BCUT2D eigenvalue weighted by molar-refractivity contribution is -0.151. The van der Waals surface area contributed by atoms with Gasteiger partial charge >= 0.3 is 6.03 Å². The van der Waals surface area contributed by atoms with E-state index in [4.69, 9.17) is 0 Å². The second kappa shape index (κ2) is 5.28. The van der Waals surface area contributed by atoms with Crippen molar-refractivity contribution >= 4 is 17.8 Å². The molecular formula is C13H23N3O3. The largest absolute Gasteiger partial charge is 0.331 e. The summed E-state index contributed by atoms with van der Waals surface area (Å²) in [5, 5.41) is 2.27. The van der Waals surface area contributed by atoms with Crippen LogP contribution in [0.5, 0.6) is 0 Å². The SMILES string of the molecule is CC(C)C(CN(C)C)N1C(=O)NC(=O)C(C)(C)C1=O. The Labute approximate surface area is 114 Å². The minimum Gasteiger partial charge on any atom is -0.307 e. The van der Waals surface area contributed by atoms with Crippen molar-refractivity contribution in [1.29, 1.82) is 0 Å². The van der Waals surface area contributed by atoms with Crippen molar-refractivity contribution in [2.45, 2.75) is 33.7 Å². The Kier molecular flexibility index (Phi) is 4.35. The van der Waals surface area contributed by atoms with E-state index in [0.29, 0.717) is 6.54 Å². The minimum atomic E-state index is -1.20. The summed E-state index contributed by atoms with van der Waals surface area (Å²) in [6.07, 6.45) is 0. The Bertz CT molecular complexity index is 402. The first-order chi connectivity index (χ1) is 8.59. The molecular weight excluding hydrogens is 246 g/mol. The zero-order valence-corrected chi connectivity index (χ0v) is 12.5. The zero-order valence-electron chi connectivity index (χ0n) is 12.5. The lowest BCUT2D eigenvalue weighted by Gasteiger charge is -2.41. The highest BCUT2D eigenvalue weighted by molar-refractivity contribution is 6.18. The van der Waals surface area contributed by atoms with Crippen LogP contribution in [0.3, 0.4) is 0 Å². The van der Waals surface area contributed by atoms with Crippen LogP contribution in [0.15, 0.2) is 0 Å². The molecule has 19 heavy (non-hydrogen) atoms. The minimum absolute atomic E-state index is 0.112. The van der Waals surface area contributed by atoms with E-state index in [0.717, 1.165) is 0 Å². The highest BCUT2D eigenvalue weighted by Gasteiger charge is 2.49. The summed E-state index contributed by atoms with van der Waals surface area (Å²) < 4.78 is 0. The maximum Gasteiger partial charge on any atom is 0.331 e. The molecule has 0 saturated carbocycles. The van der Waals surface area contributed by atoms with E-state index < -0.39 is 23.3 Å². The monoisotopic (exact) mass is 269 g/mol. The van der Waals surface area contributed by atoms with Crippen molar-refractivity contribution in [2.75, 3.05) is 20.6 Å². The molecule has 4 amide bonds. The van der Waals surface area contributed by atoms with Crippen molar-refractivity contribution in [3.8, 4) is 0 Å². The molecule has 0 bridgehead atoms. The maximum absolute atomic E-state index is 12.4. The number of urea groups is 1. The summed E-state index contributed by atoms with van der Waals surface area (Å²) in [4.78, 5) is 39.2. The number of carbonyl (C=O) groups is 3. The van der Waals surface area contributed by atoms with Gasteiger partial charge in [0.15, 0.2) is 0 Å². The number of hydrogen-bond donors (Lipinski definition) is 1. The summed E-state index contributed by atoms with van der Waals surface area (Å²) in [6.45, 7) is 7.56. The van der Waals surface area contributed by atoms with Crippen molar-refractivity contribution in [3.05, 3.63) is 0 Å². The smallest absolute Gasteiger partial charge is 0.307 e. The first kappa shape index (κ1) is 15.6. The molecule has 108 valence electrons. The number of carbonyl (C=O) groups excluding carboxylic acids is 3. The molecule has 0 aromatic carbocycles. The fourth-order valence-corrected chi connectivity index (χ4v) is 2.07. The molecule has 1 aliphatic rings. The van der Waals surface area contributed by atoms with E-state index in [-0.39, 0.29) is 12.0 Å². The maximum atomic E-state index is 12.4. The Morgan fingerprint density at radius 2 is 1.74 bits per heavy atom. The predicted octanol–water partition coefficient (Wildman–Crippen LogP) is 0.677. The topological polar surface area (TPSA) is 69.7 Å². The normalized spacial score (nSPS) is 21.1. The van der Waals surface area contributed by atoms with Gasteiger partial charge in [0.2, 0.25) is 11.8 Å². The van der Waals surface area contributed by atoms with Crippen molar-refractivity contribution < 1.29 is 14.4 Å². The molecule has 1 fully saturated rings. The fraction of sp³-hybridized carbons (Fsp3) is 0.769. The number of amides is 4. The van der Waals surface area contributed by atoms with Crippen LogP contribution in [-0.4, -0.2) is 54.3 Å². The molecule has 0 spiro atoms. The average Bonchev–Trinajstić information content (AvgIpc) is 2.25. The van der Waals surface area contributed by atoms with Gasteiger partial charge in [0.1, 0.15) is 5.41 Å². The fourth-order valence-electron chi connectivity index (χ4n) is 2.07. The highest BCUT2D eigenvalue weighted by atomic mass is 16.2. The van der Waals surface area contributed by atoms with Gasteiger partial charge in [-0.2, -0.15) is 0 Å². The van der Waals surface area contributed by atoms with E-state index in [1.165, 1.54) is 18.7 Å². The number of rotatable bonds is 4. The van der Waals surface area contributed by atoms with Gasteiger partial charge in [0.05, 0.1) is 6.04 Å². The van der Waals surface area contributed by atoms with E-state index >= 15 is 0 Å². The van der Waals surface area contributed by atoms with Gasteiger partial charge in [0, 0.05) is 6.54 Å². The Hall–Kier alpha value is -1.43. The lowest BCUT2D eigenvalue weighted by Crippen LogP contribution is -2.66. The van der Waals surface area contributed by atoms with Crippen LogP contribution in [0, 0.1) is 11.3 Å². The Balaban J connectivity index is 3.11. The molecule has 0 aromatic rings. The van der Waals surface area contributed by atoms with Crippen LogP contribution in [0.1, 0.15) is 27.7 Å². The molecule has 1 atom stereocenters. The molecule has 1 saturated heterocycles. The van der Waals surface area contributed by atoms with E-state index in [1.54, 1.807) is 0 Å². The van der Waals surface area contributed by atoms with Crippen LogP contribution in [0.25, 0.3) is 0 Å². The molecule has 1 heterocycles. The summed E-state index contributed by atoms with van der Waals surface area (Å²) in [6, 6.07) is -0.871. The van der Waals surface area contributed by atoms with Crippen molar-refractivity contribution in [3.63, 3.8) is 0 Å². The third kappa shape index (κ3) is 2.94. The van der Waals surface area contributed by atoms with Crippen LogP contribution in [-0.2, 0) is 9.59 Å². The summed E-state index contributed by atoms with van der Waals surface area (Å²) in [7, 11) is 3.77. The van der Waals surface area contributed by atoms with Gasteiger partial charge < -0.3 is 4.90 Å². The zero-order chi connectivity index (χ0) is 15.0. The predicted molar refractivity (Wildman–Crippen MR) is 71.3 cm³/mol. The molecule has 6 nitrogen and oxygen atoms in total. The summed E-state index contributed by atoms with van der Waals surface area (Å²) in [5.41, 5.74) is -1.20. The van der Waals surface area contributed by atoms with Gasteiger partial charge in [-0.05, 0) is 33.9 Å². The second-order valence-electron chi connectivity index (χ2n) is 6.13. The summed E-state index contributed by atoms with van der Waals surface area (Å²) >= 11 is 0. The summed E-state index contributed by atoms with van der Waals surface area (Å²) in [5.74, 6) is -0.853. The Morgan fingerprint density at radius 3 is 2.16 bits per heavy atom. The van der Waals surface area contributed by atoms with Gasteiger partial charge in [-0.1, -0.05) is 13.8 Å². The van der Waals surface area contributed by atoms with Gasteiger partial charge in [-0.15, -0.1) is 0 Å². The molecule has 6 heteroatoms. The van der Waals surface area contributed by atoms with Gasteiger partial charge in [-0.25, -0.2) is 4.79 Å². The molecule has 1 rings (SSSR count). The van der Waals surface area contributed by atoms with Crippen molar-refractivity contribution in [1.82, 2.24) is 15.1 Å². The van der Waals surface area contributed by atoms with E-state index in [9.17, 15) is 14.4 Å². The first-order valence-electron chi connectivity index (χ1n) is 6.42. The molecule has 1 aliphatic heterocycles. The quantitative estimate of drug-likeness (QED) is 0.762. The number of barbiturate groups is 1. The van der Waals surface area contributed by atoms with Crippen LogP contribution >= 0.6 is 0 Å². The molecule has 1 N–H and O–H groups in total. The standard InChI is InChI=1S/C13H23N3O3/c1-8(2)9(7-15(5)6)16-11(18)13(3,4)10(17)14-12(16)19/h8-9H,7H2,1-6H3,(H,14,17,19). The van der Waals surface area contributed by atoms with E-state index in [2.05, 4.69) is 5.32 Å². The van der Waals surface area contributed by atoms with Crippen LogP contribution in [0.2, 0.25) is 0 Å². The van der Waals surface area contributed by atoms with Crippen molar-refractivity contribution in [2.24, 2.45) is 11.3 Å². The number of nitrogens with zero attached hydrogens (tertiary/aromatic N) is 2. The first-order valence-corrected chi connectivity index (χ1v) is 6.42. The van der Waals surface area contributed by atoms with E-state index in [1.807, 2.05) is 32.8 Å². The molecule has 0 aliphatic carbocycles. The molecule has 0 radical (unpaired) electrons. The third-order valence-corrected chi connectivity index (χ3v) is 3.41. The lowest BCUT2D eigenvalue weighted by atomic mass is 9.87. The van der Waals surface area contributed by atoms with Crippen LogP contribution < -0.4 is 5.32 Å². The van der Waals surface area contributed by atoms with Crippen LogP contribution in [0.4, 0.5) is 4.79 Å². The average molecular weight is 269 g/mol. The molecule has 0 aromatic heterocycles. The third-order valence-electron chi connectivity index (χ3n) is 3.41. The highest BCUT2D eigenvalue weighted by Crippen LogP contribution is 2.27. The number of likely N-dealkylation sites (N-methyl/N-ethyl adjacent to an activating group) is 1. The molecule has 1 unspecified atom stereocenters. The number of imide groups is 2. The van der Waals surface area contributed by atoms with Gasteiger partial charge in [-0.3, -0.25) is 19.8 Å². The number of nitrogens with one attached hydrogen (secondary N) is 1. The second-order valence-corrected chi connectivity index (χ2v) is 6.13.